The summed E-state index contributed by atoms with van der Waals surface area (Å²) in [5.74, 6) is -2.45. The van der Waals surface area contributed by atoms with Crippen LogP contribution in [0.25, 0.3) is 0 Å². The average molecular weight is 408 g/mol. The molecule has 2 aromatic carbocycles. The third-order valence-corrected chi connectivity index (χ3v) is 5.13. The van der Waals surface area contributed by atoms with Crippen LogP contribution >= 0.6 is 0 Å². The molecule has 7 nitrogen and oxygen atoms in total. The second-order valence-corrected chi connectivity index (χ2v) is 7.13. The summed E-state index contributed by atoms with van der Waals surface area (Å²) in [6, 6.07) is 16.3. The lowest BCUT2D eigenvalue weighted by atomic mass is 9.96. The minimum absolute atomic E-state index is 0.155. The van der Waals surface area contributed by atoms with E-state index in [0.29, 0.717) is 12.2 Å². The largest absolute Gasteiger partial charge is 0.451 e. The highest BCUT2D eigenvalue weighted by Gasteiger charge is 2.37. The van der Waals surface area contributed by atoms with E-state index in [4.69, 9.17) is 4.74 Å². The minimum Gasteiger partial charge on any atom is -0.451 e. The Labute approximate surface area is 175 Å². The van der Waals surface area contributed by atoms with Gasteiger partial charge in [-0.15, -0.1) is 0 Å². The number of carbonyl (C=O) groups is 4. The highest BCUT2D eigenvalue weighted by molar-refractivity contribution is 6.52. The van der Waals surface area contributed by atoms with Crippen molar-refractivity contribution in [1.82, 2.24) is 5.32 Å². The number of ether oxygens (including phenoxy) is 1. The molecule has 0 spiro atoms. The summed E-state index contributed by atoms with van der Waals surface area (Å²) >= 11 is 0. The molecule has 0 bridgehead atoms. The molecule has 0 fully saturated rings. The van der Waals surface area contributed by atoms with E-state index < -0.39 is 36.2 Å². The van der Waals surface area contributed by atoms with Gasteiger partial charge >= 0.3 is 5.97 Å². The Kier molecular flexibility index (Phi) is 6.61. The van der Waals surface area contributed by atoms with Gasteiger partial charge in [-0.2, -0.15) is 0 Å². The van der Waals surface area contributed by atoms with E-state index in [2.05, 4.69) is 5.32 Å². The monoisotopic (exact) mass is 408 g/mol. The van der Waals surface area contributed by atoms with Crippen molar-refractivity contribution in [1.29, 1.82) is 0 Å². The number of benzene rings is 2. The molecule has 0 unspecified atom stereocenters. The Hall–Kier alpha value is -3.48. The van der Waals surface area contributed by atoms with Crippen LogP contribution in [0.1, 0.15) is 42.1 Å². The van der Waals surface area contributed by atoms with Gasteiger partial charge in [0.05, 0.1) is 11.3 Å². The predicted molar refractivity (Wildman–Crippen MR) is 111 cm³/mol. The first-order valence-electron chi connectivity index (χ1n) is 9.89. The summed E-state index contributed by atoms with van der Waals surface area (Å²) in [7, 11) is 0. The van der Waals surface area contributed by atoms with Crippen LogP contribution in [-0.2, 0) is 19.1 Å². The van der Waals surface area contributed by atoms with Crippen LogP contribution in [0.4, 0.5) is 5.69 Å². The van der Waals surface area contributed by atoms with Crippen molar-refractivity contribution in [3.63, 3.8) is 0 Å². The molecule has 1 heterocycles. The van der Waals surface area contributed by atoms with Gasteiger partial charge in [-0.3, -0.25) is 24.1 Å². The van der Waals surface area contributed by atoms with Crippen LogP contribution in [-0.4, -0.2) is 42.8 Å². The first-order chi connectivity index (χ1) is 14.4. The van der Waals surface area contributed by atoms with Crippen molar-refractivity contribution in [2.75, 3.05) is 18.0 Å². The number of hydrogen-bond acceptors (Lipinski definition) is 5. The lowest BCUT2D eigenvalue weighted by Gasteiger charge is -2.20. The van der Waals surface area contributed by atoms with Gasteiger partial charge in [0.25, 0.3) is 17.6 Å². The van der Waals surface area contributed by atoms with Crippen LogP contribution in [0, 0.1) is 0 Å². The van der Waals surface area contributed by atoms with E-state index in [1.54, 1.807) is 18.2 Å². The first kappa shape index (κ1) is 21.2. The molecule has 1 aliphatic heterocycles. The molecule has 1 aliphatic rings. The summed E-state index contributed by atoms with van der Waals surface area (Å²) in [5, 5.41) is 2.81. The smallest absolute Gasteiger partial charge is 0.326 e. The number of hydrogen-bond donors (Lipinski definition) is 1. The Morgan fingerprint density at radius 2 is 1.70 bits per heavy atom. The summed E-state index contributed by atoms with van der Waals surface area (Å²) in [5.41, 5.74) is 1.75. The Morgan fingerprint density at radius 3 is 2.40 bits per heavy atom. The number of carbonyl (C=O) groups excluding carboxylic acids is 4. The Bertz CT molecular complexity index is 957. The van der Waals surface area contributed by atoms with Crippen LogP contribution in [0.3, 0.4) is 0 Å². The standard InChI is InChI=1S/C23H24N2O5/c1-3-16(17-9-5-4-6-10-17)13-24-22(28)15(2)30-20(26)14-25-19-12-8-7-11-18(19)21(27)23(25)29/h4-12,15-16H,3,13-14H2,1-2H3,(H,24,28)/t15-,16-/m1/s1. The maximum absolute atomic E-state index is 12.4. The number of nitrogens with one attached hydrogen (secondary N) is 1. The zero-order valence-electron chi connectivity index (χ0n) is 17.0. The van der Waals surface area contributed by atoms with Crippen molar-refractivity contribution in [2.45, 2.75) is 32.3 Å². The molecule has 1 N–H and O–H groups in total. The zero-order chi connectivity index (χ0) is 21.7. The van der Waals surface area contributed by atoms with Crippen molar-refractivity contribution >= 4 is 29.3 Å². The van der Waals surface area contributed by atoms with Gasteiger partial charge in [-0.25, -0.2) is 0 Å². The van der Waals surface area contributed by atoms with Crippen LogP contribution in [0.15, 0.2) is 54.6 Å². The Morgan fingerprint density at radius 1 is 1.03 bits per heavy atom. The maximum Gasteiger partial charge on any atom is 0.326 e. The number of para-hydroxylation sites is 1. The summed E-state index contributed by atoms with van der Waals surface area (Å²) in [6.45, 7) is 3.51. The molecule has 2 atom stereocenters. The summed E-state index contributed by atoms with van der Waals surface area (Å²) < 4.78 is 5.19. The fourth-order valence-corrected chi connectivity index (χ4v) is 3.41. The van der Waals surface area contributed by atoms with Gasteiger partial charge in [-0.05, 0) is 31.0 Å². The van der Waals surface area contributed by atoms with E-state index in [0.717, 1.165) is 16.9 Å². The van der Waals surface area contributed by atoms with Gasteiger partial charge in [0.2, 0.25) is 0 Å². The fraction of sp³-hybridized carbons (Fsp3) is 0.304. The third kappa shape index (κ3) is 4.56. The van der Waals surface area contributed by atoms with E-state index in [1.807, 2.05) is 37.3 Å². The van der Waals surface area contributed by atoms with Gasteiger partial charge in [0, 0.05) is 12.5 Å². The summed E-state index contributed by atoms with van der Waals surface area (Å²) in [4.78, 5) is 49.9. The molecule has 156 valence electrons. The number of rotatable bonds is 8. The van der Waals surface area contributed by atoms with Gasteiger partial charge in [0.15, 0.2) is 6.10 Å². The van der Waals surface area contributed by atoms with Gasteiger partial charge < -0.3 is 10.1 Å². The predicted octanol–water partition coefficient (Wildman–Crippen LogP) is 2.46. The SMILES string of the molecule is CC[C@H](CNC(=O)[C@@H](C)OC(=O)CN1C(=O)C(=O)c2ccccc21)c1ccccc1. The lowest BCUT2D eigenvalue weighted by molar-refractivity contribution is -0.153. The molecule has 30 heavy (non-hydrogen) atoms. The van der Waals surface area contributed by atoms with Crippen molar-refractivity contribution < 1.29 is 23.9 Å². The molecule has 0 aliphatic carbocycles. The lowest BCUT2D eigenvalue weighted by Crippen LogP contribution is -2.41. The number of Topliss-reactive ketones (excluding diaryl/α,β-unsaturated/α-hetero) is 1. The minimum atomic E-state index is -1.02. The second-order valence-electron chi connectivity index (χ2n) is 7.13. The normalized spacial score (nSPS) is 14.8. The Balaban J connectivity index is 1.53. The van der Waals surface area contributed by atoms with Crippen LogP contribution < -0.4 is 10.2 Å². The molecule has 0 saturated carbocycles. The molecule has 7 heteroatoms. The number of fused-ring (bicyclic) bond motifs is 1. The van der Waals surface area contributed by atoms with E-state index in [1.165, 1.54) is 13.0 Å². The molecule has 0 saturated heterocycles. The molecule has 2 aromatic rings. The molecule has 2 amide bonds. The molecule has 0 radical (unpaired) electrons. The summed E-state index contributed by atoms with van der Waals surface area (Å²) in [6.07, 6.45) is -0.169. The number of nitrogens with zero attached hydrogens (tertiary/aromatic N) is 1. The molecular weight excluding hydrogens is 384 g/mol. The van der Waals surface area contributed by atoms with Crippen molar-refractivity contribution in [3.8, 4) is 0 Å². The number of ketones is 1. The average Bonchev–Trinajstić information content (AvgIpc) is 2.99. The van der Waals surface area contributed by atoms with E-state index in [-0.39, 0.29) is 11.5 Å². The quantitative estimate of drug-likeness (QED) is 0.535. The highest BCUT2D eigenvalue weighted by atomic mass is 16.5. The van der Waals surface area contributed by atoms with Crippen LogP contribution in [0.5, 0.6) is 0 Å². The number of anilines is 1. The fourth-order valence-electron chi connectivity index (χ4n) is 3.41. The van der Waals surface area contributed by atoms with E-state index >= 15 is 0 Å². The van der Waals surface area contributed by atoms with Crippen LogP contribution in [0.2, 0.25) is 0 Å². The number of amides is 2. The molecule has 0 aromatic heterocycles. The van der Waals surface area contributed by atoms with Crippen molar-refractivity contribution in [2.24, 2.45) is 0 Å². The second kappa shape index (κ2) is 9.35. The third-order valence-electron chi connectivity index (χ3n) is 5.13. The molecule has 3 rings (SSSR count). The molecular formula is C23H24N2O5. The first-order valence-corrected chi connectivity index (χ1v) is 9.89. The van der Waals surface area contributed by atoms with Gasteiger partial charge in [0.1, 0.15) is 6.54 Å². The highest BCUT2D eigenvalue weighted by Crippen LogP contribution is 2.28. The topological polar surface area (TPSA) is 92.8 Å². The van der Waals surface area contributed by atoms with E-state index in [9.17, 15) is 19.2 Å². The zero-order valence-corrected chi connectivity index (χ0v) is 17.0. The van der Waals surface area contributed by atoms with Gasteiger partial charge in [-0.1, -0.05) is 49.4 Å². The number of esters is 1. The maximum atomic E-state index is 12.4. The van der Waals surface area contributed by atoms with Crippen molar-refractivity contribution in [3.05, 3.63) is 65.7 Å².